The van der Waals surface area contributed by atoms with Crippen LogP contribution >= 0.6 is 0 Å². The molecule has 1 amide bonds. The van der Waals surface area contributed by atoms with Crippen molar-refractivity contribution in [1.82, 2.24) is 9.80 Å². The minimum atomic E-state index is -1.06. The molecule has 9 heteroatoms. The Morgan fingerprint density at radius 3 is 2.54 bits per heavy atom. The fraction of sp³-hybridized carbons (Fsp3) is 0.947. The van der Waals surface area contributed by atoms with Gasteiger partial charge in [0.25, 0.3) is 0 Å². The molecule has 0 aromatic carbocycles. The van der Waals surface area contributed by atoms with Crippen molar-refractivity contribution in [3.63, 3.8) is 0 Å². The van der Waals surface area contributed by atoms with Crippen LogP contribution in [0.5, 0.6) is 0 Å². The van der Waals surface area contributed by atoms with E-state index < -0.39 is 29.9 Å². The third-order valence-electron chi connectivity index (χ3n) is 5.78. The predicted octanol–water partition coefficient (Wildman–Crippen LogP) is -0.488. The molecule has 4 atom stereocenters. The number of hydrogen-bond donors (Lipinski definition) is 2. The van der Waals surface area contributed by atoms with Crippen molar-refractivity contribution in [2.45, 2.75) is 69.0 Å². The van der Waals surface area contributed by atoms with E-state index in [4.69, 9.17) is 24.7 Å². The van der Waals surface area contributed by atoms with E-state index in [1.807, 2.05) is 13.8 Å². The number of aliphatic hydroxyl groups excluding tert-OH is 1. The van der Waals surface area contributed by atoms with Crippen molar-refractivity contribution < 1.29 is 28.8 Å². The van der Waals surface area contributed by atoms with Gasteiger partial charge >= 0.3 is 0 Å². The van der Waals surface area contributed by atoms with Gasteiger partial charge in [-0.2, -0.15) is 0 Å². The summed E-state index contributed by atoms with van der Waals surface area (Å²) in [5, 5.41) is 10.5. The number of likely N-dealkylation sites (tertiary alicyclic amines) is 1. The third kappa shape index (κ3) is 4.67. The number of rotatable bonds is 5. The first-order chi connectivity index (χ1) is 12.9. The Morgan fingerprint density at radius 1 is 1.29 bits per heavy atom. The summed E-state index contributed by atoms with van der Waals surface area (Å²) in [4.78, 5) is 15.7. The molecule has 3 heterocycles. The molecule has 0 spiro atoms. The summed E-state index contributed by atoms with van der Waals surface area (Å²) in [5.41, 5.74) is 6.10. The normalized spacial score (nSPS) is 37.5. The molecule has 0 aliphatic carbocycles. The van der Waals surface area contributed by atoms with Gasteiger partial charge < -0.3 is 34.7 Å². The number of aliphatic hydroxyl groups is 1. The molecule has 162 valence electrons. The van der Waals surface area contributed by atoms with Crippen LogP contribution in [-0.2, 0) is 23.7 Å². The van der Waals surface area contributed by atoms with Crippen molar-refractivity contribution >= 4 is 5.91 Å². The zero-order valence-corrected chi connectivity index (χ0v) is 17.6. The molecule has 0 aromatic heterocycles. The van der Waals surface area contributed by atoms with Gasteiger partial charge in [0, 0.05) is 32.7 Å². The SMILES string of the molecule is CN(C)C(=O)CO[C@@H]1[C@H](O)CO[C@@]2(CN3CCC(C)(N)CC3)OC(C)(C)O[C@@H]12. The summed E-state index contributed by atoms with van der Waals surface area (Å²) in [6.45, 7) is 7.79. The highest BCUT2D eigenvalue weighted by molar-refractivity contribution is 5.76. The maximum absolute atomic E-state index is 12.0. The van der Waals surface area contributed by atoms with Gasteiger partial charge in [-0.05, 0) is 33.6 Å². The van der Waals surface area contributed by atoms with Gasteiger partial charge in [0.1, 0.15) is 24.9 Å². The van der Waals surface area contributed by atoms with Crippen LogP contribution < -0.4 is 5.73 Å². The summed E-state index contributed by atoms with van der Waals surface area (Å²) >= 11 is 0. The van der Waals surface area contributed by atoms with Crippen LogP contribution in [0.2, 0.25) is 0 Å². The van der Waals surface area contributed by atoms with Crippen LogP contribution in [0.3, 0.4) is 0 Å². The fourth-order valence-electron chi connectivity index (χ4n) is 4.04. The van der Waals surface area contributed by atoms with Crippen LogP contribution in [0, 0.1) is 0 Å². The smallest absolute Gasteiger partial charge is 0.248 e. The highest BCUT2D eigenvalue weighted by atomic mass is 16.8. The second-order valence-electron chi connectivity index (χ2n) is 9.22. The van der Waals surface area contributed by atoms with Crippen LogP contribution in [0.4, 0.5) is 0 Å². The fourth-order valence-corrected chi connectivity index (χ4v) is 4.04. The molecule has 0 aromatic rings. The molecule has 3 aliphatic heterocycles. The maximum atomic E-state index is 12.0. The largest absolute Gasteiger partial charge is 0.388 e. The van der Waals surface area contributed by atoms with E-state index in [9.17, 15) is 9.90 Å². The van der Waals surface area contributed by atoms with Gasteiger partial charge in [0.05, 0.1) is 13.2 Å². The number of carbonyl (C=O) groups is 1. The van der Waals surface area contributed by atoms with Crippen molar-refractivity contribution in [3.8, 4) is 0 Å². The van der Waals surface area contributed by atoms with Gasteiger partial charge in [-0.3, -0.25) is 9.69 Å². The average Bonchev–Trinajstić information content (AvgIpc) is 2.86. The second-order valence-corrected chi connectivity index (χ2v) is 9.22. The van der Waals surface area contributed by atoms with Gasteiger partial charge in [-0.25, -0.2) is 0 Å². The number of fused-ring (bicyclic) bond motifs is 1. The summed E-state index contributed by atoms with van der Waals surface area (Å²) < 4.78 is 24.2. The lowest BCUT2D eigenvalue weighted by atomic mass is 9.89. The van der Waals surface area contributed by atoms with Crippen molar-refractivity contribution in [2.24, 2.45) is 5.73 Å². The molecule has 9 nitrogen and oxygen atoms in total. The van der Waals surface area contributed by atoms with E-state index in [1.54, 1.807) is 14.1 Å². The van der Waals surface area contributed by atoms with Crippen molar-refractivity contribution in [2.75, 3.05) is 46.9 Å². The van der Waals surface area contributed by atoms with E-state index in [1.165, 1.54) is 4.90 Å². The number of nitrogens with zero attached hydrogens (tertiary/aromatic N) is 2. The number of amides is 1. The monoisotopic (exact) mass is 401 g/mol. The molecular formula is C19H35N3O6. The average molecular weight is 402 g/mol. The highest BCUT2D eigenvalue weighted by Crippen LogP contribution is 2.44. The highest BCUT2D eigenvalue weighted by Gasteiger charge is 2.62. The van der Waals surface area contributed by atoms with Crippen LogP contribution in [0.15, 0.2) is 0 Å². The van der Waals surface area contributed by atoms with Crippen molar-refractivity contribution in [1.29, 1.82) is 0 Å². The summed E-state index contributed by atoms with van der Waals surface area (Å²) in [5.74, 6) is -2.13. The van der Waals surface area contributed by atoms with Gasteiger partial charge in [-0.15, -0.1) is 0 Å². The van der Waals surface area contributed by atoms with Crippen LogP contribution in [-0.4, -0.2) is 103 Å². The van der Waals surface area contributed by atoms with E-state index in [2.05, 4.69) is 11.8 Å². The van der Waals surface area contributed by atoms with E-state index in [0.29, 0.717) is 6.54 Å². The Labute approximate surface area is 167 Å². The number of nitrogens with two attached hydrogens (primary N) is 1. The Morgan fingerprint density at radius 2 is 1.93 bits per heavy atom. The van der Waals surface area contributed by atoms with Gasteiger partial charge in [0.15, 0.2) is 5.79 Å². The molecule has 3 rings (SSSR count). The maximum Gasteiger partial charge on any atom is 0.248 e. The second kappa shape index (κ2) is 7.79. The first-order valence-electron chi connectivity index (χ1n) is 9.96. The zero-order valence-electron chi connectivity index (χ0n) is 17.6. The third-order valence-corrected chi connectivity index (χ3v) is 5.78. The van der Waals surface area contributed by atoms with Crippen LogP contribution in [0.1, 0.15) is 33.6 Å². The topological polar surface area (TPSA) is 107 Å². The molecule has 0 bridgehead atoms. The molecule has 3 aliphatic rings. The molecule has 3 fully saturated rings. The number of ether oxygens (including phenoxy) is 4. The molecule has 28 heavy (non-hydrogen) atoms. The number of hydrogen-bond acceptors (Lipinski definition) is 8. The number of likely N-dealkylation sites (N-methyl/N-ethyl adjacent to an activating group) is 1. The van der Waals surface area contributed by atoms with E-state index >= 15 is 0 Å². The quantitative estimate of drug-likeness (QED) is 0.636. The Hall–Kier alpha value is -0.810. The summed E-state index contributed by atoms with van der Waals surface area (Å²) in [6.07, 6.45) is -0.494. The Bertz CT molecular complexity index is 574. The Kier molecular flexibility index (Phi) is 6.09. The lowest BCUT2D eigenvalue weighted by molar-refractivity contribution is -0.301. The minimum absolute atomic E-state index is 0.0548. The molecule has 3 N–H and O–H groups in total. The standard InChI is InChI=1S/C19H35N3O6/c1-17(2)27-16-15(25-11-14(24)21(4)5)13(23)10-26-19(16,28-17)12-22-8-6-18(3,20)7-9-22/h13,15-16,23H,6-12,20H2,1-5H3/t13-,15-,16+,19+/m1/s1. The molecule has 0 unspecified atom stereocenters. The molecule has 3 saturated heterocycles. The minimum Gasteiger partial charge on any atom is -0.388 e. The predicted molar refractivity (Wildman–Crippen MR) is 101 cm³/mol. The zero-order chi connectivity index (χ0) is 20.7. The Balaban J connectivity index is 1.75. The molecule has 0 radical (unpaired) electrons. The van der Waals surface area contributed by atoms with Gasteiger partial charge in [-0.1, -0.05) is 0 Å². The van der Waals surface area contributed by atoms with E-state index in [0.717, 1.165) is 25.9 Å². The summed E-state index contributed by atoms with van der Waals surface area (Å²) in [6, 6.07) is 0. The number of carbonyl (C=O) groups excluding carboxylic acids is 1. The first kappa shape index (κ1) is 21.9. The van der Waals surface area contributed by atoms with Gasteiger partial charge in [0.2, 0.25) is 11.7 Å². The summed E-state index contributed by atoms with van der Waals surface area (Å²) in [7, 11) is 3.33. The van der Waals surface area contributed by atoms with E-state index in [-0.39, 0.29) is 24.7 Å². The molecule has 0 saturated carbocycles. The van der Waals surface area contributed by atoms with Crippen LogP contribution in [0.25, 0.3) is 0 Å². The molecular weight excluding hydrogens is 366 g/mol. The first-order valence-corrected chi connectivity index (χ1v) is 9.96. The number of piperidine rings is 1. The lowest BCUT2D eigenvalue weighted by Crippen LogP contribution is -2.65. The van der Waals surface area contributed by atoms with Crippen molar-refractivity contribution in [3.05, 3.63) is 0 Å². The lowest BCUT2D eigenvalue weighted by Gasteiger charge is -2.46.